The Morgan fingerprint density at radius 1 is 1.29 bits per heavy atom. The molecule has 0 radical (unpaired) electrons. The SMILES string of the molecule is Cc1ccc(NC(=O)CC(N)C(C)(C)C)cc1. The van der Waals surface area contributed by atoms with E-state index in [-0.39, 0.29) is 17.4 Å². The normalized spacial score (nSPS) is 13.2. The molecule has 1 aromatic carbocycles. The molecule has 3 N–H and O–H groups in total. The molecule has 0 aliphatic rings. The van der Waals surface area contributed by atoms with Gasteiger partial charge in [-0.15, -0.1) is 0 Å². The van der Waals surface area contributed by atoms with Gasteiger partial charge in [-0.3, -0.25) is 4.79 Å². The number of carbonyl (C=O) groups is 1. The van der Waals surface area contributed by atoms with Crippen molar-refractivity contribution < 1.29 is 4.79 Å². The highest BCUT2D eigenvalue weighted by Crippen LogP contribution is 2.20. The molecule has 0 aromatic heterocycles. The van der Waals surface area contributed by atoms with Crippen LogP contribution in [0.4, 0.5) is 5.69 Å². The number of nitrogens with two attached hydrogens (primary N) is 1. The van der Waals surface area contributed by atoms with Crippen LogP contribution in [-0.2, 0) is 4.79 Å². The Kier molecular flexibility index (Phi) is 4.29. The molecule has 0 fully saturated rings. The number of carbonyl (C=O) groups excluding carboxylic acids is 1. The van der Waals surface area contributed by atoms with Crippen molar-refractivity contribution in [3.05, 3.63) is 29.8 Å². The van der Waals surface area contributed by atoms with Crippen LogP contribution < -0.4 is 11.1 Å². The zero-order chi connectivity index (χ0) is 13.1. The molecule has 0 saturated carbocycles. The minimum absolute atomic E-state index is 0.0312. The molecule has 0 saturated heterocycles. The van der Waals surface area contributed by atoms with Gasteiger partial charge in [-0.1, -0.05) is 38.5 Å². The van der Waals surface area contributed by atoms with E-state index >= 15 is 0 Å². The van der Waals surface area contributed by atoms with Gasteiger partial charge < -0.3 is 11.1 Å². The number of benzene rings is 1. The zero-order valence-electron chi connectivity index (χ0n) is 11.1. The van der Waals surface area contributed by atoms with Crippen molar-refractivity contribution in [2.45, 2.75) is 40.2 Å². The van der Waals surface area contributed by atoms with Crippen LogP contribution >= 0.6 is 0 Å². The van der Waals surface area contributed by atoms with E-state index < -0.39 is 0 Å². The lowest BCUT2D eigenvalue weighted by molar-refractivity contribution is -0.117. The van der Waals surface area contributed by atoms with E-state index in [1.165, 1.54) is 5.56 Å². The minimum atomic E-state index is -0.132. The van der Waals surface area contributed by atoms with Crippen LogP contribution in [0.5, 0.6) is 0 Å². The van der Waals surface area contributed by atoms with E-state index in [1.807, 2.05) is 52.0 Å². The molecule has 0 bridgehead atoms. The average Bonchev–Trinajstić information content (AvgIpc) is 2.20. The third kappa shape index (κ3) is 4.57. The lowest BCUT2D eigenvalue weighted by atomic mass is 9.85. The van der Waals surface area contributed by atoms with E-state index in [0.29, 0.717) is 6.42 Å². The van der Waals surface area contributed by atoms with Crippen LogP contribution in [-0.4, -0.2) is 11.9 Å². The Hall–Kier alpha value is -1.35. The number of rotatable bonds is 3. The van der Waals surface area contributed by atoms with Crippen LogP contribution in [0.15, 0.2) is 24.3 Å². The highest BCUT2D eigenvalue weighted by atomic mass is 16.1. The van der Waals surface area contributed by atoms with Crippen LogP contribution in [0.2, 0.25) is 0 Å². The van der Waals surface area contributed by atoms with Crippen LogP contribution in [0.25, 0.3) is 0 Å². The average molecular weight is 234 g/mol. The fourth-order valence-corrected chi connectivity index (χ4v) is 1.35. The molecule has 1 rings (SSSR count). The summed E-state index contributed by atoms with van der Waals surface area (Å²) in [6.07, 6.45) is 0.345. The smallest absolute Gasteiger partial charge is 0.225 e. The maximum atomic E-state index is 11.8. The van der Waals surface area contributed by atoms with Crippen molar-refractivity contribution in [2.75, 3.05) is 5.32 Å². The minimum Gasteiger partial charge on any atom is -0.327 e. The molecule has 1 unspecified atom stereocenters. The molecule has 1 atom stereocenters. The summed E-state index contributed by atoms with van der Waals surface area (Å²) in [4.78, 5) is 11.8. The van der Waals surface area contributed by atoms with Crippen molar-refractivity contribution in [1.29, 1.82) is 0 Å². The second-order valence-corrected chi connectivity index (χ2v) is 5.59. The molecule has 0 spiro atoms. The second-order valence-electron chi connectivity index (χ2n) is 5.59. The van der Waals surface area contributed by atoms with E-state index in [1.54, 1.807) is 0 Å². The Labute approximate surface area is 103 Å². The van der Waals surface area contributed by atoms with Crippen molar-refractivity contribution >= 4 is 11.6 Å². The predicted octanol–water partition coefficient (Wildman–Crippen LogP) is 2.70. The summed E-state index contributed by atoms with van der Waals surface area (Å²) < 4.78 is 0. The van der Waals surface area contributed by atoms with Crippen LogP contribution in [0.3, 0.4) is 0 Å². The molecule has 3 heteroatoms. The van der Waals surface area contributed by atoms with E-state index in [0.717, 1.165) is 5.69 Å². The summed E-state index contributed by atoms with van der Waals surface area (Å²) in [5.74, 6) is -0.0312. The zero-order valence-corrected chi connectivity index (χ0v) is 11.1. The lowest BCUT2D eigenvalue weighted by Gasteiger charge is -2.26. The van der Waals surface area contributed by atoms with Gasteiger partial charge in [0.15, 0.2) is 0 Å². The number of nitrogens with one attached hydrogen (secondary N) is 1. The second kappa shape index (κ2) is 5.32. The van der Waals surface area contributed by atoms with Gasteiger partial charge in [-0.05, 0) is 24.5 Å². The van der Waals surface area contributed by atoms with Crippen molar-refractivity contribution in [1.82, 2.24) is 0 Å². The highest BCUT2D eigenvalue weighted by molar-refractivity contribution is 5.91. The summed E-state index contributed by atoms with van der Waals surface area (Å²) in [7, 11) is 0. The standard InChI is InChI=1S/C14H22N2O/c1-10-5-7-11(8-6-10)16-13(17)9-12(15)14(2,3)4/h5-8,12H,9,15H2,1-4H3,(H,16,17). The maximum absolute atomic E-state index is 11.8. The van der Waals surface area contributed by atoms with Gasteiger partial charge in [-0.25, -0.2) is 0 Å². The molecule has 17 heavy (non-hydrogen) atoms. The van der Waals surface area contributed by atoms with Gasteiger partial charge in [0.2, 0.25) is 5.91 Å². The predicted molar refractivity (Wildman–Crippen MR) is 71.9 cm³/mol. The lowest BCUT2D eigenvalue weighted by Crippen LogP contribution is -2.38. The summed E-state index contributed by atoms with van der Waals surface area (Å²) in [5, 5.41) is 2.85. The number of anilines is 1. The summed E-state index contributed by atoms with van der Waals surface area (Å²) in [6, 6.07) is 7.61. The molecule has 0 heterocycles. The molecule has 0 aliphatic heterocycles. The molecule has 0 aliphatic carbocycles. The van der Waals surface area contributed by atoms with E-state index in [2.05, 4.69) is 5.32 Å². The Balaban J connectivity index is 2.53. The molecule has 1 amide bonds. The number of amides is 1. The number of hydrogen-bond donors (Lipinski definition) is 2. The highest BCUT2D eigenvalue weighted by Gasteiger charge is 2.23. The Morgan fingerprint density at radius 2 is 1.82 bits per heavy atom. The van der Waals surface area contributed by atoms with Crippen LogP contribution in [0.1, 0.15) is 32.8 Å². The van der Waals surface area contributed by atoms with Gasteiger partial charge in [0.1, 0.15) is 0 Å². The Bertz CT molecular complexity index is 376. The summed E-state index contributed by atoms with van der Waals surface area (Å²) in [6.45, 7) is 8.13. The van der Waals surface area contributed by atoms with E-state index in [4.69, 9.17) is 5.73 Å². The van der Waals surface area contributed by atoms with Crippen molar-refractivity contribution in [3.63, 3.8) is 0 Å². The van der Waals surface area contributed by atoms with Gasteiger partial charge in [0.25, 0.3) is 0 Å². The topological polar surface area (TPSA) is 55.1 Å². The molecular weight excluding hydrogens is 212 g/mol. The van der Waals surface area contributed by atoms with Gasteiger partial charge in [0.05, 0.1) is 0 Å². The fraction of sp³-hybridized carbons (Fsp3) is 0.500. The summed E-state index contributed by atoms with van der Waals surface area (Å²) >= 11 is 0. The largest absolute Gasteiger partial charge is 0.327 e. The third-order valence-electron chi connectivity index (χ3n) is 2.85. The Morgan fingerprint density at radius 3 is 2.29 bits per heavy atom. The van der Waals surface area contributed by atoms with Gasteiger partial charge in [0, 0.05) is 18.2 Å². The van der Waals surface area contributed by atoms with Gasteiger partial charge >= 0.3 is 0 Å². The first-order valence-corrected chi connectivity index (χ1v) is 5.91. The quantitative estimate of drug-likeness (QED) is 0.844. The fourth-order valence-electron chi connectivity index (χ4n) is 1.35. The first-order valence-electron chi connectivity index (χ1n) is 5.91. The van der Waals surface area contributed by atoms with Crippen molar-refractivity contribution in [2.24, 2.45) is 11.1 Å². The van der Waals surface area contributed by atoms with Crippen molar-refractivity contribution in [3.8, 4) is 0 Å². The first kappa shape index (κ1) is 13.7. The maximum Gasteiger partial charge on any atom is 0.225 e. The third-order valence-corrected chi connectivity index (χ3v) is 2.85. The van der Waals surface area contributed by atoms with Crippen LogP contribution in [0, 0.1) is 12.3 Å². The molecule has 3 nitrogen and oxygen atoms in total. The number of aryl methyl sites for hydroxylation is 1. The molecule has 94 valence electrons. The van der Waals surface area contributed by atoms with E-state index in [9.17, 15) is 4.79 Å². The summed E-state index contributed by atoms with van der Waals surface area (Å²) in [5.41, 5.74) is 7.91. The molecular formula is C14H22N2O. The molecule has 1 aromatic rings. The monoisotopic (exact) mass is 234 g/mol. The number of hydrogen-bond acceptors (Lipinski definition) is 2. The van der Waals surface area contributed by atoms with Gasteiger partial charge in [-0.2, -0.15) is 0 Å². The first-order chi connectivity index (χ1) is 7.79.